The van der Waals surface area contributed by atoms with Crippen molar-refractivity contribution in [3.63, 3.8) is 0 Å². The molecule has 0 fully saturated rings. The van der Waals surface area contributed by atoms with Crippen LogP contribution in [0.5, 0.6) is 0 Å². The molecule has 0 N–H and O–H groups in total. The quantitative estimate of drug-likeness (QED) is 0.602. The predicted molar refractivity (Wildman–Crippen MR) is 64.3 cm³/mol. The van der Waals surface area contributed by atoms with Crippen molar-refractivity contribution in [2.75, 3.05) is 0 Å². The summed E-state index contributed by atoms with van der Waals surface area (Å²) in [5, 5.41) is 0.793. The molecule has 13 heavy (non-hydrogen) atoms. The molecule has 0 aliphatic carbocycles. The molecule has 70 valence electrons. The van der Waals surface area contributed by atoms with Crippen LogP contribution in [-0.2, 0) is 0 Å². The van der Waals surface area contributed by atoms with Gasteiger partial charge in [-0.15, -0.1) is 0 Å². The standard InChI is InChI=1S/C10H11ClSSe/c1-2-3-10(12)13-9-6-4-8(11)5-7-9/h4-7H,2-3H2,1H3. The van der Waals surface area contributed by atoms with Crippen molar-refractivity contribution in [2.24, 2.45) is 0 Å². The van der Waals surface area contributed by atoms with Crippen LogP contribution in [0, 0.1) is 0 Å². The summed E-state index contributed by atoms with van der Waals surface area (Å²) in [5.41, 5.74) is 0. The Labute approximate surface area is 95.8 Å². The third-order valence-electron chi connectivity index (χ3n) is 1.50. The molecule has 0 amide bonds. The van der Waals surface area contributed by atoms with Gasteiger partial charge in [-0.3, -0.25) is 0 Å². The molecule has 0 aromatic heterocycles. The van der Waals surface area contributed by atoms with Crippen LogP contribution in [0.4, 0.5) is 0 Å². The summed E-state index contributed by atoms with van der Waals surface area (Å²) in [6, 6.07) is 7.97. The molecule has 0 nitrogen and oxygen atoms in total. The van der Waals surface area contributed by atoms with Crippen molar-refractivity contribution in [1.29, 1.82) is 0 Å². The number of hydrogen-bond donors (Lipinski definition) is 0. The van der Waals surface area contributed by atoms with Gasteiger partial charge >= 0.3 is 96.1 Å². The first-order valence-electron chi connectivity index (χ1n) is 4.18. The summed E-state index contributed by atoms with van der Waals surface area (Å²) >= 11 is 11.4. The van der Waals surface area contributed by atoms with Gasteiger partial charge in [0.2, 0.25) is 0 Å². The van der Waals surface area contributed by atoms with E-state index < -0.39 is 0 Å². The molecule has 0 spiro atoms. The number of thiocarbonyl (C=S) groups is 1. The minimum absolute atomic E-state index is 0.343. The molecule has 1 aromatic rings. The van der Waals surface area contributed by atoms with Gasteiger partial charge in [0.1, 0.15) is 0 Å². The summed E-state index contributed by atoms with van der Waals surface area (Å²) in [4.78, 5) is 0. The fraction of sp³-hybridized carbons (Fsp3) is 0.300. The summed E-state index contributed by atoms with van der Waals surface area (Å²) < 4.78 is 2.51. The number of rotatable bonds is 4. The average molecular weight is 278 g/mol. The fourth-order valence-electron chi connectivity index (χ4n) is 0.889. The Morgan fingerprint density at radius 3 is 2.54 bits per heavy atom. The Hall–Kier alpha value is 0.119. The van der Waals surface area contributed by atoms with Gasteiger partial charge in [-0.25, -0.2) is 0 Å². The maximum atomic E-state index is 5.78. The van der Waals surface area contributed by atoms with Crippen LogP contribution in [0.3, 0.4) is 0 Å². The number of benzene rings is 1. The maximum absolute atomic E-state index is 5.78. The van der Waals surface area contributed by atoms with Crippen LogP contribution < -0.4 is 4.46 Å². The van der Waals surface area contributed by atoms with Crippen molar-refractivity contribution in [3.05, 3.63) is 29.3 Å². The third kappa shape index (κ3) is 4.23. The molecule has 3 heteroatoms. The zero-order valence-corrected chi connectivity index (χ0v) is 10.7. The third-order valence-corrected chi connectivity index (χ3v) is 4.36. The molecule has 1 aromatic carbocycles. The van der Waals surface area contributed by atoms with Crippen molar-refractivity contribution in [2.45, 2.75) is 19.8 Å². The predicted octanol–water partition coefficient (Wildman–Crippen LogP) is 2.80. The molecule has 0 radical (unpaired) electrons. The van der Waals surface area contributed by atoms with E-state index in [4.69, 9.17) is 23.8 Å². The van der Waals surface area contributed by atoms with Gasteiger partial charge in [-0.1, -0.05) is 0 Å². The van der Waals surface area contributed by atoms with E-state index in [2.05, 4.69) is 19.1 Å². The van der Waals surface area contributed by atoms with Gasteiger partial charge in [0, 0.05) is 0 Å². The summed E-state index contributed by atoms with van der Waals surface area (Å²) in [7, 11) is 0. The Morgan fingerprint density at radius 1 is 1.38 bits per heavy atom. The van der Waals surface area contributed by atoms with E-state index >= 15 is 0 Å². The van der Waals surface area contributed by atoms with E-state index in [0.717, 1.165) is 17.9 Å². The molecule has 1 rings (SSSR count). The van der Waals surface area contributed by atoms with Crippen LogP contribution >= 0.6 is 23.8 Å². The normalized spacial score (nSPS) is 10.0. The topological polar surface area (TPSA) is 0 Å². The molecule has 0 aliphatic heterocycles. The molecule has 0 atom stereocenters. The van der Waals surface area contributed by atoms with Gasteiger partial charge < -0.3 is 0 Å². The second kappa shape index (κ2) is 5.77. The summed E-state index contributed by atoms with van der Waals surface area (Å²) in [6.45, 7) is 2.16. The molecular formula is C10H11ClSSe. The van der Waals surface area contributed by atoms with E-state index in [1.165, 1.54) is 8.22 Å². The van der Waals surface area contributed by atoms with Crippen LogP contribution in [0.25, 0.3) is 0 Å². The molecule has 0 unspecified atom stereocenters. The second-order valence-corrected chi connectivity index (χ2v) is 6.64. The van der Waals surface area contributed by atoms with Gasteiger partial charge in [-0.05, 0) is 0 Å². The van der Waals surface area contributed by atoms with E-state index in [1.807, 2.05) is 12.1 Å². The van der Waals surface area contributed by atoms with Crippen LogP contribution in [0.15, 0.2) is 24.3 Å². The summed E-state index contributed by atoms with van der Waals surface area (Å²) in [6.07, 6.45) is 2.21. The van der Waals surface area contributed by atoms with E-state index in [0.29, 0.717) is 15.0 Å². The van der Waals surface area contributed by atoms with Crippen LogP contribution in [0.1, 0.15) is 19.8 Å². The molecule has 0 aliphatic rings. The van der Waals surface area contributed by atoms with E-state index in [1.54, 1.807) is 0 Å². The van der Waals surface area contributed by atoms with Crippen LogP contribution in [-0.4, -0.2) is 18.7 Å². The first-order chi connectivity index (χ1) is 6.22. The van der Waals surface area contributed by atoms with Crippen molar-refractivity contribution in [3.8, 4) is 0 Å². The number of halogens is 1. The van der Waals surface area contributed by atoms with Gasteiger partial charge in [0.05, 0.1) is 0 Å². The van der Waals surface area contributed by atoms with Crippen molar-refractivity contribution < 1.29 is 0 Å². The Balaban J connectivity index is 2.54. The second-order valence-electron chi connectivity index (χ2n) is 2.68. The average Bonchev–Trinajstić information content (AvgIpc) is 2.09. The van der Waals surface area contributed by atoms with E-state index in [9.17, 15) is 0 Å². The van der Waals surface area contributed by atoms with Crippen molar-refractivity contribution >= 4 is 47.0 Å². The first-order valence-corrected chi connectivity index (χ1v) is 6.68. The summed E-state index contributed by atoms with van der Waals surface area (Å²) in [5.74, 6) is 0. The van der Waals surface area contributed by atoms with E-state index in [-0.39, 0.29) is 0 Å². The SMILES string of the molecule is CCCC(=S)[Se]c1ccc(Cl)cc1. The Bertz CT molecular complexity index is 281. The zero-order chi connectivity index (χ0) is 9.68. The molecule has 0 heterocycles. The first kappa shape index (κ1) is 11.2. The molecular weight excluding hydrogens is 267 g/mol. The molecule has 0 bridgehead atoms. The molecule has 0 saturated carbocycles. The van der Waals surface area contributed by atoms with Crippen molar-refractivity contribution in [1.82, 2.24) is 0 Å². The van der Waals surface area contributed by atoms with Crippen LogP contribution in [0.2, 0.25) is 5.02 Å². The minimum atomic E-state index is 0.343. The molecule has 0 saturated heterocycles. The monoisotopic (exact) mass is 278 g/mol. The van der Waals surface area contributed by atoms with Gasteiger partial charge in [0.15, 0.2) is 0 Å². The Morgan fingerprint density at radius 2 is 2.00 bits per heavy atom. The van der Waals surface area contributed by atoms with Gasteiger partial charge in [-0.2, -0.15) is 0 Å². The Kier molecular flexibility index (Phi) is 4.97. The van der Waals surface area contributed by atoms with Gasteiger partial charge in [0.25, 0.3) is 0 Å². The zero-order valence-electron chi connectivity index (χ0n) is 7.42. The number of hydrogen-bond acceptors (Lipinski definition) is 1. The fourth-order valence-corrected chi connectivity index (χ4v) is 3.48.